The van der Waals surface area contributed by atoms with Gasteiger partial charge in [0.15, 0.2) is 0 Å². The number of rotatable bonds is 5. The van der Waals surface area contributed by atoms with Gasteiger partial charge in [0.25, 0.3) is 0 Å². The lowest BCUT2D eigenvalue weighted by Crippen LogP contribution is -2.11. The van der Waals surface area contributed by atoms with Crippen LogP contribution < -0.4 is 10.5 Å². The summed E-state index contributed by atoms with van der Waals surface area (Å²) in [7, 11) is 0. The maximum absolute atomic E-state index is 5.81. The molecule has 2 aromatic rings. The minimum absolute atomic E-state index is 0.471. The van der Waals surface area contributed by atoms with Crippen LogP contribution >= 0.6 is 15.9 Å². The molecule has 2 N–H and O–H groups in total. The molecule has 0 unspecified atom stereocenters. The van der Waals surface area contributed by atoms with Gasteiger partial charge in [-0.2, -0.15) is 0 Å². The molecule has 0 atom stereocenters. The highest BCUT2D eigenvalue weighted by atomic mass is 79.9. The van der Waals surface area contributed by atoms with E-state index in [-0.39, 0.29) is 0 Å². The number of aryl methyl sites for hydroxylation is 1. The molecule has 0 fully saturated rings. The highest BCUT2D eigenvalue weighted by Gasteiger charge is 2.06. The van der Waals surface area contributed by atoms with Crippen LogP contribution in [0.5, 0.6) is 5.75 Å². The van der Waals surface area contributed by atoms with Crippen molar-refractivity contribution < 1.29 is 4.74 Å². The second-order valence-electron chi connectivity index (χ2n) is 3.95. The summed E-state index contributed by atoms with van der Waals surface area (Å²) in [5, 5.41) is 0. The summed E-state index contributed by atoms with van der Waals surface area (Å²) in [6, 6.07) is 5.89. The van der Waals surface area contributed by atoms with E-state index in [1.54, 1.807) is 6.20 Å². The van der Waals surface area contributed by atoms with E-state index >= 15 is 0 Å². The number of hydrogen-bond acceptors (Lipinski definition) is 3. The third-order valence-corrected chi connectivity index (χ3v) is 3.40. The highest BCUT2D eigenvalue weighted by Crippen LogP contribution is 2.28. The van der Waals surface area contributed by atoms with Gasteiger partial charge in [-0.05, 0) is 28.9 Å². The van der Waals surface area contributed by atoms with Crippen LogP contribution in [0.15, 0.2) is 35.1 Å². The number of para-hydroxylation sites is 1. The zero-order chi connectivity index (χ0) is 13.0. The van der Waals surface area contributed by atoms with E-state index in [1.807, 2.05) is 31.3 Å². The Kier molecular flexibility index (Phi) is 4.38. The molecule has 0 aliphatic rings. The molecular weight excluding hydrogens is 294 g/mol. The van der Waals surface area contributed by atoms with Crippen LogP contribution in [-0.4, -0.2) is 16.2 Å². The number of nitrogens with zero attached hydrogens (tertiary/aromatic N) is 2. The third kappa shape index (κ3) is 2.91. The van der Waals surface area contributed by atoms with E-state index in [0.29, 0.717) is 13.2 Å². The molecule has 1 heterocycles. The molecule has 0 amide bonds. The maximum atomic E-state index is 5.81. The zero-order valence-corrected chi connectivity index (χ0v) is 11.9. The Balaban J connectivity index is 2.00. The van der Waals surface area contributed by atoms with E-state index in [4.69, 9.17) is 10.5 Å². The van der Waals surface area contributed by atoms with Crippen molar-refractivity contribution in [1.29, 1.82) is 0 Å². The SMILES string of the molecule is Cc1nccn1CCOc1c(Br)cccc1CN. The van der Waals surface area contributed by atoms with Crippen LogP contribution in [0.3, 0.4) is 0 Å². The lowest BCUT2D eigenvalue weighted by molar-refractivity contribution is 0.292. The van der Waals surface area contributed by atoms with E-state index in [9.17, 15) is 0 Å². The summed E-state index contributed by atoms with van der Waals surface area (Å²) in [6.07, 6.45) is 3.74. The zero-order valence-electron chi connectivity index (χ0n) is 10.3. The van der Waals surface area contributed by atoms with Crippen molar-refractivity contribution >= 4 is 15.9 Å². The Morgan fingerprint density at radius 1 is 1.44 bits per heavy atom. The normalized spacial score (nSPS) is 10.6. The quantitative estimate of drug-likeness (QED) is 0.923. The Hall–Kier alpha value is -1.33. The fraction of sp³-hybridized carbons (Fsp3) is 0.308. The molecule has 96 valence electrons. The average Bonchev–Trinajstić information content (AvgIpc) is 2.77. The molecule has 1 aromatic carbocycles. The average molecular weight is 310 g/mol. The van der Waals surface area contributed by atoms with Crippen molar-refractivity contribution in [2.75, 3.05) is 6.61 Å². The molecule has 0 spiro atoms. The number of halogens is 1. The van der Waals surface area contributed by atoms with Crippen LogP contribution in [0.1, 0.15) is 11.4 Å². The van der Waals surface area contributed by atoms with Crippen molar-refractivity contribution in [3.8, 4) is 5.75 Å². The summed E-state index contributed by atoms with van der Waals surface area (Å²) in [4.78, 5) is 4.17. The molecule has 5 heteroatoms. The Labute approximate surface area is 115 Å². The Morgan fingerprint density at radius 3 is 2.94 bits per heavy atom. The number of ether oxygens (including phenoxy) is 1. The fourth-order valence-corrected chi connectivity index (χ4v) is 2.28. The molecule has 2 rings (SSSR count). The van der Waals surface area contributed by atoms with Crippen LogP contribution in [0.4, 0.5) is 0 Å². The molecule has 0 radical (unpaired) electrons. The van der Waals surface area contributed by atoms with Gasteiger partial charge in [-0.1, -0.05) is 12.1 Å². The van der Waals surface area contributed by atoms with Gasteiger partial charge in [0.05, 0.1) is 11.0 Å². The first-order chi connectivity index (χ1) is 8.72. The second-order valence-corrected chi connectivity index (χ2v) is 4.80. The Bertz CT molecular complexity index is 525. The van der Waals surface area contributed by atoms with Crippen molar-refractivity contribution in [1.82, 2.24) is 9.55 Å². The summed E-state index contributed by atoms with van der Waals surface area (Å²) in [6.45, 7) is 3.81. The van der Waals surface area contributed by atoms with Gasteiger partial charge in [-0.15, -0.1) is 0 Å². The summed E-state index contributed by atoms with van der Waals surface area (Å²) in [5.74, 6) is 1.82. The summed E-state index contributed by atoms with van der Waals surface area (Å²) >= 11 is 3.48. The van der Waals surface area contributed by atoms with E-state index in [1.165, 1.54) is 0 Å². The number of imidazole rings is 1. The smallest absolute Gasteiger partial charge is 0.138 e. The predicted molar refractivity (Wildman–Crippen MR) is 74.5 cm³/mol. The van der Waals surface area contributed by atoms with E-state index in [2.05, 4.69) is 25.5 Å². The Morgan fingerprint density at radius 2 is 2.28 bits per heavy atom. The van der Waals surface area contributed by atoms with Crippen LogP contribution in [-0.2, 0) is 13.1 Å². The van der Waals surface area contributed by atoms with Crippen LogP contribution in [0.2, 0.25) is 0 Å². The van der Waals surface area contributed by atoms with Gasteiger partial charge in [-0.25, -0.2) is 4.98 Å². The minimum Gasteiger partial charge on any atom is -0.490 e. The molecular formula is C13H16BrN3O. The first-order valence-electron chi connectivity index (χ1n) is 5.80. The maximum Gasteiger partial charge on any atom is 0.138 e. The van der Waals surface area contributed by atoms with Crippen molar-refractivity contribution in [2.45, 2.75) is 20.0 Å². The number of benzene rings is 1. The lowest BCUT2D eigenvalue weighted by atomic mass is 10.2. The van der Waals surface area contributed by atoms with Gasteiger partial charge in [0.2, 0.25) is 0 Å². The third-order valence-electron chi connectivity index (χ3n) is 2.77. The first kappa shape index (κ1) is 13.1. The molecule has 0 bridgehead atoms. The van der Waals surface area contributed by atoms with E-state index in [0.717, 1.165) is 28.2 Å². The van der Waals surface area contributed by atoms with Gasteiger partial charge in [-0.3, -0.25) is 0 Å². The molecule has 18 heavy (non-hydrogen) atoms. The summed E-state index contributed by atoms with van der Waals surface area (Å²) < 4.78 is 8.80. The van der Waals surface area contributed by atoms with Gasteiger partial charge < -0.3 is 15.0 Å². The number of hydrogen-bond donors (Lipinski definition) is 1. The summed E-state index contributed by atoms with van der Waals surface area (Å²) in [5.41, 5.74) is 6.70. The largest absolute Gasteiger partial charge is 0.490 e. The number of aromatic nitrogens is 2. The van der Waals surface area contributed by atoms with Gasteiger partial charge in [0.1, 0.15) is 18.2 Å². The van der Waals surface area contributed by atoms with E-state index < -0.39 is 0 Å². The molecule has 1 aromatic heterocycles. The van der Waals surface area contributed by atoms with Crippen LogP contribution in [0.25, 0.3) is 0 Å². The van der Waals surface area contributed by atoms with Gasteiger partial charge >= 0.3 is 0 Å². The van der Waals surface area contributed by atoms with Crippen molar-refractivity contribution in [3.63, 3.8) is 0 Å². The minimum atomic E-state index is 0.471. The van der Waals surface area contributed by atoms with Crippen LogP contribution in [0, 0.1) is 6.92 Å². The standard InChI is InChI=1S/C13H16BrN3O/c1-10-16-5-6-17(10)7-8-18-13-11(9-15)3-2-4-12(13)14/h2-6H,7-9,15H2,1H3. The van der Waals surface area contributed by atoms with Gasteiger partial charge in [0, 0.05) is 24.5 Å². The van der Waals surface area contributed by atoms with Crippen molar-refractivity contribution in [3.05, 3.63) is 46.5 Å². The second kappa shape index (κ2) is 6.02. The monoisotopic (exact) mass is 309 g/mol. The number of nitrogens with two attached hydrogens (primary N) is 1. The predicted octanol–water partition coefficient (Wildman–Crippen LogP) is 2.49. The molecule has 0 saturated heterocycles. The molecule has 0 aliphatic carbocycles. The molecule has 0 aliphatic heterocycles. The molecule has 4 nitrogen and oxygen atoms in total. The van der Waals surface area contributed by atoms with Crippen molar-refractivity contribution in [2.24, 2.45) is 5.73 Å². The first-order valence-corrected chi connectivity index (χ1v) is 6.59. The lowest BCUT2D eigenvalue weighted by Gasteiger charge is -2.13. The topological polar surface area (TPSA) is 53.1 Å². The fourth-order valence-electron chi connectivity index (χ4n) is 1.76. The highest BCUT2D eigenvalue weighted by molar-refractivity contribution is 9.10. The molecule has 0 saturated carbocycles.